The molecule has 0 aromatic rings. The Kier molecular flexibility index (Phi) is 10.4. The molecule has 21 heavy (non-hydrogen) atoms. The minimum Gasteiger partial charge on any atom is -0.449 e. The number of allylic oxidation sites excluding steroid dienone is 3. The van der Waals surface area contributed by atoms with Gasteiger partial charge in [-0.05, 0) is 31.1 Å². The van der Waals surface area contributed by atoms with E-state index in [-0.39, 0.29) is 12.6 Å². The Balaban J connectivity index is 4.04. The van der Waals surface area contributed by atoms with E-state index < -0.39 is 0 Å². The van der Waals surface area contributed by atoms with E-state index in [1.807, 2.05) is 6.08 Å². The van der Waals surface area contributed by atoms with Crippen molar-refractivity contribution in [2.24, 2.45) is 17.8 Å². The molecule has 2 nitrogen and oxygen atoms in total. The molecule has 0 amide bonds. The summed E-state index contributed by atoms with van der Waals surface area (Å²) >= 11 is 0. The zero-order chi connectivity index (χ0) is 16.3. The van der Waals surface area contributed by atoms with Crippen molar-refractivity contribution >= 4 is 5.97 Å². The average Bonchev–Trinajstić information content (AvgIpc) is 2.45. The maximum atomic E-state index is 11.5. The summed E-state index contributed by atoms with van der Waals surface area (Å²) in [6.45, 7) is 10.9. The number of carbonyl (C=O) groups excluding carboxylic acids is 1. The molecule has 0 saturated carbocycles. The van der Waals surface area contributed by atoms with Crippen LogP contribution < -0.4 is 0 Å². The third kappa shape index (κ3) is 9.96. The Morgan fingerprint density at radius 3 is 2.48 bits per heavy atom. The molecule has 0 radical (unpaired) electrons. The van der Waals surface area contributed by atoms with Crippen LogP contribution in [0.15, 0.2) is 23.8 Å². The lowest BCUT2D eigenvalue weighted by atomic mass is 9.89. The van der Waals surface area contributed by atoms with Gasteiger partial charge in [-0.1, -0.05) is 64.7 Å². The number of rotatable bonds is 9. The van der Waals surface area contributed by atoms with Gasteiger partial charge in [0.1, 0.15) is 0 Å². The lowest BCUT2D eigenvalue weighted by Crippen LogP contribution is -2.06. The van der Waals surface area contributed by atoms with Gasteiger partial charge >= 0.3 is 5.97 Å². The summed E-state index contributed by atoms with van der Waals surface area (Å²) < 4.78 is 4.84. The summed E-state index contributed by atoms with van der Waals surface area (Å²) in [5.41, 5.74) is 0.572. The van der Waals surface area contributed by atoms with Crippen molar-refractivity contribution in [3.63, 3.8) is 0 Å². The second kappa shape index (κ2) is 11.2. The van der Waals surface area contributed by atoms with E-state index in [2.05, 4.69) is 39.7 Å². The maximum Gasteiger partial charge on any atom is 0.334 e. The Morgan fingerprint density at radius 1 is 1.24 bits per heavy atom. The van der Waals surface area contributed by atoms with Crippen molar-refractivity contribution in [3.05, 3.63) is 23.8 Å². The molecule has 0 saturated heterocycles. The molecule has 0 aromatic heterocycles. The van der Waals surface area contributed by atoms with E-state index in [4.69, 9.17) is 11.2 Å². The van der Waals surface area contributed by atoms with Crippen molar-refractivity contribution in [1.29, 1.82) is 0 Å². The molecule has 0 aliphatic carbocycles. The molecule has 0 rings (SSSR count). The summed E-state index contributed by atoms with van der Waals surface area (Å²) in [5.74, 6) is 4.14. The average molecular weight is 290 g/mol. The zero-order valence-corrected chi connectivity index (χ0v) is 14.2. The molecule has 2 atom stereocenters. The van der Waals surface area contributed by atoms with Gasteiger partial charge < -0.3 is 4.74 Å². The van der Waals surface area contributed by atoms with Crippen LogP contribution in [-0.2, 0) is 9.53 Å². The lowest BCUT2D eigenvalue weighted by Gasteiger charge is -2.17. The van der Waals surface area contributed by atoms with Gasteiger partial charge in [0.15, 0.2) is 6.61 Å². The summed E-state index contributed by atoms with van der Waals surface area (Å²) in [7, 11) is 0. The predicted octanol–water partition coefficient (Wildman–Crippen LogP) is 4.76. The standard InChI is InChI=1S/C19H30O2/c1-7-14-21-19(20)18(6)11-9-8-10-16(4)12-13-17(5)15(2)3/h1,8-9,11,15-17H,10,12-14H2,2-6H3. The van der Waals surface area contributed by atoms with Crippen molar-refractivity contribution in [1.82, 2.24) is 0 Å². The fourth-order valence-corrected chi connectivity index (χ4v) is 1.81. The number of hydrogen-bond donors (Lipinski definition) is 0. The van der Waals surface area contributed by atoms with Crippen LogP contribution in [0.1, 0.15) is 53.9 Å². The Bertz CT molecular complexity index is 396. The van der Waals surface area contributed by atoms with Crippen LogP contribution in [0.4, 0.5) is 0 Å². The van der Waals surface area contributed by atoms with Crippen molar-refractivity contribution in [2.45, 2.75) is 53.9 Å². The first-order chi connectivity index (χ1) is 9.88. The fraction of sp³-hybridized carbons (Fsp3) is 0.632. The van der Waals surface area contributed by atoms with Gasteiger partial charge in [-0.2, -0.15) is 0 Å². The van der Waals surface area contributed by atoms with Gasteiger partial charge in [0.25, 0.3) is 0 Å². The number of carbonyl (C=O) groups is 1. The molecule has 0 N–H and O–H groups in total. The first kappa shape index (κ1) is 19.5. The minimum absolute atomic E-state index is 0.0266. The van der Waals surface area contributed by atoms with Crippen LogP contribution in [0.5, 0.6) is 0 Å². The SMILES string of the molecule is C#CCOC(=O)C(C)=CC=CCC(C)CCC(C)C(C)C. The van der Waals surface area contributed by atoms with Crippen molar-refractivity contribution in [3.8, 4) is 12.3 Å². The van der Waals surface area contributed by atoms with Gasteiger partial charge in [-0.15, -0.1) is 6.42 Å². The third-order valence-corrected chi connectivity index (χ3v) is 3.88. The largest absolute Gasteiger partial charge is 0.449 e. The fourth-order valence-electron chi connectivity index (χ4n) is 1.81. The first-order valence-electron chi connectivity index (χ1n) is 7.82. The van der Waals surface area contributed by atoms with E-state index >= 15 is 0 Å². The molecule has 2 heteroatoms. The monoisotopic (exact) mass is 290 g/mol. The highest BCUT2D eigenvalue weighted by Gasteiger charge is 2.09. The molecule has 0 bridgehead atoms. The van der Waals surface area contributed by atoms with Crippen LogP contribution in [0.2, 0.25) is 0 Å². The minimum atomic E-state index is -0.351. The lowest BCUT2D eigenvalue weighted by molar-refractivity contribution is -0.137. The van der Waals surface area contributed by atoms with Gasteiger partial charge in [0.05, 0.1) is 0 Å². The zero-order valence-electron chi connectivity index (χ0n) is 14.2. The van der Waals surface area contributed by atoms with Gasteiger partial charge in [0, 0.05) is 5.57 Å². The number of hydrogen-bond acceptors (Lipinski definition) is 2. The van der Waals surface area contributed by atoms with Crippen LogP contribution in [-0.4, -0.2) is 12.6 Å². The molecule has 0 aromatic carbocycles. The van der Waals surface area contributed by atoms with E-state index in [0.29, 0.717) is 11.5 Å². The first-order valence-corrected chi connectivity index (χ1v) is 7.82. The molecular weight excluding hydrogens is 260 g/mol. The van der Waals surface area contributed by atoms with Crippen molar-refractivity contribution < 1.29 is 9.53 Å². The molecule has 0 fully saturated rings. The molecule has 0 aliphatic heterocycles. The van der Waals surface area contributed by atoms with Crippen LogP contribution in [0.25, 0.3) is 0 Å². The maximum absolute atomic E-state index is 11.5. The molecule has 0 spiro atoms. The van der Waals surface area contributed by atoms with Crippen LogP contribution >= 0.6 is 0 Å². The summed E-state index contributed by atoms with van der Waals surface area (Å²) in [5, 5.41) is 0. The Labute approximate surface area is 130 Å². The molecule has 118 valence electrons. The normalized spacial score (nSPS) is 15.0. The highest BCUT2D eigenvalue weighted by atomic mass is 16.5. The topological polar surface area (TPSA) is 26.3 Å². The second-order valence-corrected chi connectivity index (χ2v) is 6.20. The van der Waals surface area contributed by atoms with E-state index in [1.54, 1.807) is 13.0 Å². The van der Waals surface area contributed by atoms with E-state index in [1.165, 1.54) is 12.8 Å². The molecule has 2 unspecified atom stereocenters. The van der Waals surface area contributed by atoms with Crippen LogP contribution in [0.3, 0.4) is 0 Å². The number of ether oxygens (including phenoxy) is 1. The molecule has 0 aliphatic rings. The predicted molar refractivity (Wildman–Crippen MR) is 89.7 cm³/mol. The van der Waals surface area contributed by atoms with Gasteiger partial charge in [-0.3, -0.25) is 0 Å². The van der Waals surface area contributed by atoms with E-state index in [0.717, 1.165) is 18.3 Å². The van der Waals surface area contributed by atoms with Gasteiger partial charge in [0.2, 0.25) is 0 Å². The highest BCUT2D eigenvalue weighted by Crippen LogP contribution is 2.20. The summed E-state index contributed by atoms with van der Waals surface area (Å²) in [6, 6.07) is 0. The smallest absolute Gasteiger partial charge is 0.334 e. The molecular formula is C19H30O2. The van der Waals surface area contributed by atoms with E-state index in [9.17, 15) is 4.79 Å². The second-order valence-electron chi connectivity index (χ2n) is 6.20. The Hall–Kier alpha value is -1.49. The molecule has 0 heterocycles. The quantitative estimate of drug-likeness (QED) is 0.265. The van der Waals surface area contributed by atoms with Crippen LogP contribution in [0, 0.1) is 30.1 Å². The number of esters is 1. The number of terminal acetylenes is 1. The third-order valence-electron chi connectivity index (χ3n) is 3.88. The summed E-state index contributed by atoms with van der Waals surface area (Å²) in [6.07, 6.45) is 14.4. The summed E-state index contributed by atoms with van der Waals surface area (Å²) in [4.78, 5) is 11.5. The highest BCUT2D eigenvalue weighted by molar-refractivity contribution is 5.88. The van der Waals surface area contributed by atoms with Gasteiger partial charge in [-0.25, -0.2) is 4.79 Å². The Morgan fingerprint density at radius 2 is 1.90 bits per heavy atom. The van der Waals surface area contributed by atoms with Crippen molar-refractivity contribution in [2.75, 3.05) is 6.61 Å².